The van der Waals surface area contributed by atoms with Gasteiger partial charge in [0.2, 0.25) is 5.89 Å². The molecule has 0 fully saturated rings. The highest BCUT2D eigenvalue weighted by atomic mass is 16.5. The van der Waals surface area contributed by atoms with Crippen LogP contribution in [0.2, 0.25) is 0 Å². The van der Waals surface area contributed by atoms with Crippen molar-refractivity contribution in [1.82, 2.24) is 15.5 Å². The average Bonchev–Trinajstić information content (AvgIpc) is 2.63. The molecule has 0 aliphatic rings. The highest BCUT2D eigenvalue weighted by Crippen LogP contribution is 1.98. The summed E-state index contributed by atoms with van der Waals surface area (Å²) in [5.41, 5.74) is 0. The zero-order valence-electron chi connectivity index (χ0n) is 9.20. The van der Waals surface area contributed by atoms with Crippen LogP contribution in [0.15, 0.2) is 4.52 Å². The van der Waals surface area contributed by atoms with Crippen molar-refractivity contribution in [1.29, 1.82) is 0 Å². The molecule has 1 aromatic rings. The number of aliphatic hydroxyl groups excluding tert-OH is 1. The lowest BCUT2D eigenvalue weighted by molar-refractivity contribution is 0.282. The number of nitrogens with zero attached hydrogens (tertiary/aromatic N) is 2. The van der Waals surface area contributed by atoms with Crippen molar-refractivity contribution < 1.29 is 9.63 Å². The summed E-state index contributed by atoms with van der Waals surface area (Å²) in [6, 6.07) is 0. The second kappa shape index (κ2) is 7.36. The Morgan fingerprint density at radius 1 is 1.27 bits per heavy atom. The molecule has 0 aliphatic carbocycles. The van der Waals surface area contributed by atoms with Crippen LogP contribution in [0.3, 0.4) is 0 Å². The minimum absolute atomic E-state index is 0.301. The number of rotatable bonds is 8. The lowest BCUT2D eigenvalue weighted by Gasteiger charge is -2.01. The van der Waals surface area contributed by atoms with E-state index in [0.29, 0.717) is 24.9 Å². The zero-order valence-corrected chi connectivity index (χ0v) is 9.20. The van der Waals surface area contributed by atoms with Crippen LogP contribution in [0.4, 0.5) is 0 Å². The quantitative estimate of drug-likeness (QED) is 0.631. The van der Waals surface area contributed by atoms with Gasteiger partial charge in [-0.05, 0) is 19.4 Å². The fourth-order valence-electron chi connectivity index (χ4n) is 1.33. The molecule has 2 N–H and O–H groups in total. The first-order chi connectivity index (χ1) is 7.33. The van der Waals surface area contributed by atoms with Crippen LogP contribution in [0, 0.1) is 6.92 Å². The molecule has 5 heteroatoms. The Bertz CT molecular complexity index is 263. The summed E-state index contributed by atoms with van der Waals surface area (Å²) in [5.74, 6) is 1.32. The maximum absolute atomic E-state index is 8.58. The van der Waals surface area contributed by atoms with Crippen molar-refractivity contribution in [3.8, 4) is 0 Å². The van der Waals surface area contributed by atoms with Crippen molar-refractivity contribution in [2.24, 2.45) is 0 Å². The topological polar surface area (TPSA) is 71.2 Å². The summed E-state index contributed by atoms with van der Waals surface area (Å²) in [5, 5.41) is 15.6. The number of nitrogens with one attached hydrogen (secondary N) is 1. The molecule has 86 valence electrons. The molecule has 0 aliphatic heterocycles. The molecule has 0 unspecified atom stereocenters. The largest absolute Gasteiger partial charge is 0.396 e. The van der Waals surface area contributed by atoms with Crippen molar-refractivity contribution in [3.05, 3.63) is 11.7 Å². The normalized spacial score (nSPS) is 10.8. The number of hydrogen-bond donors (Lipinski definition) is 2. The lowest BCUT2D eigenvalue weighted by atomic mass is 10.2. The van der Waals surface area contributed by atoms with E-state index in [-0.39, 0.29) is 0 Å². The third kappa shape index (κ3) is 5.49. The Labute approximate surface area is 89.9 Å². The molecule has 15 heavy (non-hydrogen) atoms. The van der Waals surface area contributed by atoms with E-state index in [1.807, 2.05) is 0 Å². The maximum Gasteiger partial charge on any atom is 0.223 e. The van der Waals surface area contributed by atoms with Gasteiger partial charge in [-0.3, -0.25) is 0 Å². The molecule has 0 radical (unpaired) electrons. The smallest absolute Gasteiger partial charge is 0.223 e. The van der Waals surface area contributed by atoms with E-state index < -0.39 is 0 Å². The van der Waals surface area contributed by atoms with Crippen LogP contribution in [0.25, 0.3) is 0 Å². The van der Waals surface area contributed by atoms with Crippen LogP contribution in [-0.2, 0) is 6.54 Å². The Hall–Kier alpha value is -0.940. The van der Waals surface area contributed by atoms with Gasteiger partial charge >= 0.3 is 0 Å². The van der Waals surface area contributed by atoms with Crippen LogP contribution < -0.4 is 5.32 Å². The number of unbranched alkanes of at least 4 members (excludes halogenated alkanes) is 3. The lowest BCUT2D eigenvalue weighted by Crippen LogP contribution is -2.15. The Balaban J connectivity index is 1.93. The Morgan fingerprint density at radius 2 is 2.07 bits per heavy atom. The van der Waals surface area contributed by atoms with Crippen molar-refractivity contribution in [2.75, 3.05) is 13.2 Å². The molecule has 5 nitrogen and oxygen atoms in total. The van der Waals surface area contributed by atoms with Gasteiger partial charge in [0.25, 0.3) is 0 Å². The fourth-order valence-corrected chi connectivity index (χ4v) is 1.33. The third-order valence-electron chi connectivity index (χ3n) is 2.11. The van der Waals surface area contributed by atoms with Crippen molar-refractivity contribution >= 4 is 0 Å². The molecule has 0 amide bonds. The highest BCUT2D eigenvalue weighted by Gasteiger charge is 2.00. The molecule has 0 atom stereocenters. The molecule has 0 aromatic carbocycles. The number of aromatic nitrogens is 2. The predicted molar refractivity (Wildman–Crippen MR) is 56.3 cm³/mol. The standard InChI is InChI=1S/C10H19N3O2/c1-9-12-10(13-15-9)8-11-6-4-2-3-5-7-14/h11,14H,2-8H2,1H3. The molecule has 0 saturated heterocycles. The first-order valence-corrected chi connectivity index (χ1v) is 5.43. The van der Waals surface area contributed by atoms with Crippen LogP contribution in [-0.4, -0.2) is 28.4 Å². The first kappa shape index (κ1) is 12.1. The van der Waals surface area contributed by atoms with Gasteiger partial charge in [0, 0.05) is 13.5 Å². The monoisotopic (exact) mass is 213 g/mol. The molecule has 1 aromatic heterocycles. The van der Waals surface area contributed by atoms with Crippen LogP contribution in [0.1, 0.15) is 37.4 Å². The van der Waals surface area contributed by atoms with Crippen molar-refractivity contribution in [3.63, 3.8) is 0 Å². The van der Waals surface area contributed by atoms with E-state index >= 15 is 0 Å². The maximum atomic E-state index is 8.58. The van der Waals surface area contributed by atoms with Gasteiger partial charge in [-0.25, -0.2) is 0 Å². The first-order valence-electron chi connectivity index (χ1n) is 5.43. The number of hydrogen-bond acceptors (Lipinski definition) is 5. The highest BCUT2D eigenvalue weighted by molar-refractivity contribution is 4.82. The van der Waals surface area contributed by atoms with Gasteiger partial charge in [0.05, 0.1) is 6.54 Å². The van der Waals surface area contributed by atoms with Crippen LogP contribution >= 0.6 is 0 Å². The fraction of sp³-hybridized carbons (Fsp3) is 0.800. The Kier molecular flexibility index (Phi) is 5.96. The van der Waals surface area contributed by atoms with Crippen molar-refractivity contribution in [2.45, 2.75) is 39.2 Å². The van der Waals surface area contributed by atoms with E-state index in [2.05, 4.69) is 15.5 Å². The number of aryl methyl sites for hydroxylation is 1. The Morgan fingerprint density at radius 3 is 2.73 bits per heavy atom. The molecular formula is C10H19N3O2. The van der Waals surface area contributed by atoms with Gasteiger partial charge in [-0.2, -0.15) is 4.98 Å². The SMILES string of the molecule is Cc1nc(CNCCCCCCO)no1. The van der Waals surface area contributed by atoms with E-state index in [9.17, 15) is 0 Å². The van der Waals surface area contributed by atoms with Gasteiger partial charge in [0.15, 0.2) is 5.82 Å². The summed E-state index contributed by atoms with van der Waals surface area (Å²) in [6.07, 6.45) is 4.28. The second-order valence-electron chi connectivity index (χ2n) is 3.54. The summed E-state index contributed by atoms with van der Waals surface area (Å²) < 4.78 is 4.85. The summed E-state index contributed by atoms with van der Waals surface area (Å²) in [4.78, 5) is 4.08. The molecule has 0 bridgehead atoms. The molecule has 0 saturated carbocycles. The van der Waals surface area contributed by atoms with Gasteiger partial charge in [-0.15, -0.1) is 0 Å². The second-order valence-corrected chi connectivity index (χ2v) is 3.54. The van der Waals surface area contributed by atoms with E-state index in [0.717, 1.165) is 32.2 Å². The van der Waals surface area contributed by atoms with E-state index in [4.69, 9.17) is 9.63 Å². The van der Waals surface area contributed by atoms with E-state index in [1.54, 1.807) is 6.92 Å². The molecular weight excluding hydrogens is 194 g/mol. The minimum Gasteiger partial charge on any atom is -0.396 e. The summed E-state index contributed by atoms with van der Waals surface area (Å²) >= 11 is 0. The number of aliphatic hydroxyl groups is 1. The van der Waals surface area contributed by atoms with Crippen LogP contribution in [0.5, 0.6) is 0 Å². The summed E-state index contributed by atoms with van der Waals surface area (Å²) in [7, 11) is 0. The minimum atomic E-state index is 0.301. The van der Waals surface area contributed by atoms with Gasteiger partial charge < -0.3 is 14.9 Å². The predicted octanol–water partition coefficient (Wildman–Crippen LogP) is 1.02. The van der Waals surface area contributed by atoms with E-state index in [1.165, 1.54) is 0 Å². The molecule has 0 spiro atoms. The average molecular weight is 213 g/mol. The molecule has 1 heterocycles. The summed E-state index contributed by atoms with van der Waals surface area (Å²) in [6.45, 7) is 3.71. The van der Waals surface area contributed by atoms with Gasteiger partial charge in [-0.1, -0.05) is 18.0 Å². The zero-order chi connectivity index (χ0) is 10.9. The molecule has 1 rings (SSSR count). The third-order valence-corrected chi connectivity index (χ3v) is 2.11. The van der Waals surface area contributed by atoms with Gasteiger partial charge in [0.1, 0.15) is 0 Å².